The Morgan fingerprint density at radius 3 is 2.73 bits per heavy atom. The van der Waals surface area contributed by atoms with Crippen molar-refractivity contribution >= 4 is 28.2 Å². The lowest BCUT2D eigenvalue weighted by Crippen LogP contribution is -2.48. The first-order chi connectivity index (χ1) is 16.2. The number of hydrogen-bond acceptors (Lipinski definition) is 7. The van der Waals surface area contributed by atoms with Crippen molar-refractivity contribution in [2.24, 2.45) is 0 Å². The lowest BCUT2D eigenvalue weighted by molar-refractivity contribution is 0.172. The normalized spacial score (nSPS) is 15.8. The van der Waals surface area contributed by atoms with Crippen LogP contribution in [-0.2, 0) is 11.3 Å². The van der Waals surface area contributed by atoms with E-state index in [0.29, 0.717) is 13.2 Å². The van der Waals surface area contributed by atoms with Gasteiger partial charge in [0.1, 0.15) is 0 Å². The molecule has 1 fully saturated rings. The van der Waals surface area contributed by atoms with Gasteiger partial charge < -0.3 is 9.64 Å². The Morgan fingerprint density at radius 1 is 1.03 bits per heavy atom. The molecular formula is C24H26ClN7O. The molecular weight excluding hydrogens is 438 g/mol. The molecule has 0 radical (unpaired) electrons. The lowest BCUT2D eigenvalue weighted by atomic mass is 10.0. The third-order valence-corrected chi connectivity index (χ3v) is 6.34. The van der Waals surface area contributed by atoms with Crippen LogP contribution in [0.1, 0.15) is 17.4 Å². The number of anilines is 1. The summed E-state index contributed by atoms with van der Waals surface area (Å²) in [5, 5.41) is 14.5. The number of nitrogens with zero attached hydrogens (tertiary/aromatic N) is 7. The summed E-state index contributed by atoms with van der Waals surface area (Å²) >= 11 is 6.22. The molecule has 1 saturated heterocycles. The summed E-state index contributed by atoms with van der Waals surface area (Å²) in [4.78, 5) is 9.30. The maximum atomic E-state index is 6.22. The quantitative estimate of drug-likeness (QED) is 0.415. The van der Waals surface area contributed by atoms with Crippen LogP contribution in [0.4, 0.5) is 5.69 Å². The largest absolute Gasteiger partial charge is 0.383 e. The molecule has 4 aromatic rings. The van der Waals surface area contributed by atoms with Crippen LogP contribution in [0.2, 0.25) is 5.02 Å². The van der Waals surface area contributed by atoms with Crippen LogP contribution in [0.25, 0.3) is 10.9 Å². The van der Waals surface area contributed by atoms with Gasteiger partial charge in [0.25, 0.3) is 0 Å². The minimum Gasteiger partial charge on any atom is -0.383 e. The third-order valence-electron chi connectivity index (χ3n) is 6.11. The molecule has 33 heavy (non-hydrogen) atoms. The van der Waals surface area contributed by atoms with Crippen LogP contribution in [0.15, 0.2) is 60.8 Å². The van der Waals surface area contributed by atoms with E-state index in [4.69, 9.17) is 16.3 Å². The highest BCUT2D eigenvalue weighted by Crippen LogP contribution is 2.31. The Hall–Kier alpha value is -3.07. The third kappa shape index (κ3) is 4.68. The Bertz CT molecular complexity index is 1220. The van der Waals surface area contributed by atoms with Crippen LogP contribution < -0.4 is 4.90 Å². The average molecular weight is 464 g/mol. The molecule has 1 aliphatic rings. The molecule has 9 heteroatoms. The van der Waals surface area contributed by atoms with Crippen molar-refractivity contribution in [3.8, 4) is 0 Å². The predicted molar refractivity (Wildman–Crippen MR) is 129 cm³/mol. The smallest absolute Gasteiger partial charge is 0.173 e. The van der Waals surface area contributed by atoms with Crippen molar-refractivity contribution in [3.05, 3.63) is 77.2 Å². The van der Waals surface area contributed by atoms with Crippen molar-refractivity contribution in [2.75, 3.05) is 44.8 Å². The number of piperazine rings is 1. The molecule has 0 unspecified atom stereocenters. The summed E-state index contributed by atoms with van der Waals surface area (Å²) in [6.45, 7) is 4.69. The van der Waals surface area contributed by atoms with Gasteiger partial charge in [0.05, 0.1) is 24.7 Å². The molecule has 3 heterocycles. The molecule has 1 atom stereocenters. The zero-order valence-corrected chi connectivity index (χ0v) is 19.3. The summed E-state index contributed by atoms with van der Waals surface area (Å²) in [5.41, 5.74) is 3.28. The number of tetrazole rings is 1. The molecule has 2 aromatic carbocycles. The Kier molecular flexibility index (Phi) is 6.48. The molecule has 1 aliphatic heterocycles. The summed E-state index contributed by atoms with van der Waals surface area (Å²) in [5.74, 6) is 0.825. The first-order valence-electron chi connectivity index (χ1n) is 11.1. The van der Waals surface area contributed by atoms with Crippen LogP contribution >= 0.6 is 11.6 Å². The first-order valence-corrected chi connectivity index (χ1v) is 11.4. The summed E-state index contributed by atoms with van der Waals surface area (Å²) in [6, 6.07) is 18.4. The highest BCUT2D eigenvalue weighted by atomic mass is 35.5. The van der Waals surface area contributed by atoms with Gasteiger partial charge in [0.2, 0.25) is 0 Å². The molecule has 0 amide bonds. The highest BCUT2D eigenvalue weighted by molar-refractivity contribution is 6.30. The second kappa shape index (κ2) is 9.82. The van der Waals surface area contributed by atoms with Gasteiger partial charge in [0.15, 0.2) is 5.82 Å². The van der Waals surface area contributed by atoms with Crippen LogP contribution in [0, 0.1) is 0 Å². The van der Waals surface area contributed by atoms with Gasteiger partial charge in [0, 0.05) is 55.6 Å². The highest BCUT2D eigenvalue weighted by Gasteiger charge is 2.31. The van der Waals surface area contributed by atoms with Crippen LogP contribution in [-0.4, -0.2) is 70.0 Å². The van der Waals surface area contributed by atoms with Gasteiger partial charge in [-0.05, 0) is 52.4 Å². The SMILES string of the molecule is COCCn1nnnc1[C@@H](c1ccc2ncccc2c1)N1CCN(c2cccc(Cl)c2)CC1. The van der Waals surface area contributed by atoms with Gasteiger partial charge in [-0.2, -0.15) is 0 Å². The minimum atomic E-state index is -0.0667. The number of fused-ring (bicyclic) bond motifs is 1. The number of halogens is 1. The summed E-state index contributed by atoms with van der Waals surface area (Å²) < 4.78 is 7.13. The van der Waals surface area contributed by atoms with Crippen LogP contribution in [0.5, 0.6) is 0 Å². The fourth-order valence-electron chi connectivity index (χ4n) is 4.44. The Balaban J connectivity index is 1.46. The number of hydrogen-bond donors (Lipinski definition) is 0. The summed E-state index contributed by atoms with van der Waals surface area (Å²) in [6.07, 6.45) is 1.82. The van der Waals surface area contributed by atoms with Crippen molar-refractivity contribution in [2.45, 2.75) is 12.6 Å². The number of methoxy groups -OCH3 is 1. The number of rotatable bonds is 7. The first kappa shape index (κ1) is 21.8. The number of pyridine rings is 1. The van der Waals surface area contributed by atoms with Crippen molar-refractivity contribution in [3.63, 3.8) is 0 Å². The Morgan fingerprint density at radius 2 is 1.91 bits per heavy atom. The zero-order valence-electron chi connectivity index (χ0n) is 18.5. The van der Waals surface area contributed by atoms with Gasteiger partial charge >= 0.3 is 0 Å². The van der Waals surface area contributed by atoms with E-state index in [-0.39, 0.29) is 6.04 Å². The van der Waals surface area contributed by atoms with E-state index in [0.717, 1.165) is 59.2 Å². The lowest BCUT2D eigenvalue weighted by Gasteiger charge is -2.40. The van der Waals surface area contributed by atoms with Gasteiger partial charge in [-0.25, -0.2) is 4.68 Å². The van der Waals surface area contributed by atoms with E-state index < -0.39 is 0 Å². The zero-order chi connectivity index (χ0) is 22.6. The molecule has 2 aromatic heterocycles. The molecule has 0 N–H and O–H groups in total. The maximum Gasteiger partial charge on any atom is 0.173 e. The molecule has 170 valence electrons. The second-order valence-corrected chi connectivity index (χ2v) is 8.55. The second-order valence-electron chi connectivity index (χ2n) is 8.11. The molecule has 0 aliphatic carbocycles. The number of ether oxygens (including phenoxy) is 1. The molecule has 5 rings (SSSR count). The van der Waals surface area contributed by atoms with E-state index in [1.165, 1.54) is 0 Å². The monoisotopic (exact) mass is 463 g/mol. The summed E-state index contributed by atoms with van der Waals surface area (Å²) in [7, 11) is 1.69. The van der Waals surface area contributed by atoms with Gasteiger partial charge in [-0.3, -0.25) is 9.88 Å². The fourth-order valence-corrected chi connectivity index (χ4v) is 4.63. The maximum absolute atomic E-state index is 6.22. The fraction of sp³-hybridized carbons (Fsp3) is 0.333. The van der Waals surface area contributed by atoms with Crippen LogP contribution in [0.3, 0.4) is 0 Å². The predicted octanol–water partition coefficient (Wildman–Crippen LogP) is 3.43. The van der Waals surface area contributed by atoms with Crippen molar-refractivity contribution in [1.82, 2.24) is 30.1 Å². The van der Waals surface area contributed by atoms with E-state index in [2.05, 4.69) is 60.6 Å². The van der Waals surface area contributed by atoms with E-state index in [1.807, 2.05) is 35.1 Å². The standard InChI is InChI=1S/C24H26ClN7O/c1-33-15-14-32-24(27-28-29-32)23(19-7-8-22-18(16-19)4-3-9-26-22)31-12-10-30(11-13-31)21-6-2-5-20(25)17-21/h2-9,16-17,23H,10-15H2,1H3/t23-/m1/s1. The van der Waals surface area contributed by atoms with E-state index in [9.17, 15) is 0 Å². The van der Waals surface area contributed by atoms with E-state index in [1.54, 1.807) is 7.11 Å². The van der Waals surface area contributed by atoms with Crippen molar-refractivity contribution < 1.29 is 4.74 Å². The Labute approximate surface area is 197 Å². The number of benzene rings is 2. The molecule has 0 saturated carbocycles. The van der Waals surface area contributed by atoms with Gasteiger partial charge in [-0.1, -0.05) is 29.8 Å². The molecule has 8 nitrogen and oxygen atoms in total. The molecule has 0 bridgehead atoms. The number of aromatic nitrogens is 5. The van der Waals surface area contributed by atoms with E-state index >= 15 is 0 Å². The minimum absolute atomic E-state index is 0.0667. The topological polar surface area (TPSA) is 72.2 Å². The van der Waals surface area contributed by atoms with Gasteiger partial charge in [-0.15, -0.1) is 5.10 Å². The van der Waals surface area contributed by atoms with Crippen molar-refractivity contribution in [1.29, 1.82) is 0 Å². The molecule has 0 spiro atoms. The average Bonchev–Trinajstić information content (AvgIpc) is 3.31.